The number of carbonyl (C=O) groups excluding carboxylic acids is 1. The zero-order valence-corrected chi connectivity index (χ0v) is 24.5. The Hall–Kier alpha value is -3.22. The molecule has 2 aromatic carbocycles. The van der Waals surface area contributed by atoms with Crippen LogP contribution < -0.4 is 9.64 Å². The van der Waals surface area contributed by atoms with Crippen molar-refractivity contribution in [2.75, 3.05) is 18.1 Å². The van der Waals surface area contributed by atoms with Gasteiger partial charge in [-0.15, -0.1) is 0 Å². The van der Waals surface area contributed by atoms with Crippen LogP contribution in [0.15, 0.2) is 53.1 Å². The topological polar surface area (TPSA) is 68.5 Å². The minimum absolute atomic E-state index is 0.00836. The summed E-state index contributed by atoms with van der Waals surface area (Å²) < 4.78 is 25.9. The number of benzene rings is 2. The van der Waals surface area contributed by atoms with Crippen LogP contribution in [0.2, 0.25) is 0 Å². The van der Waals surface area contributed by atoms with Crippen molar-refractivity contribution >= 4 is 11.6 Å². The maximum absolute atomic E-state index is 14.4. The number of rotatable bonds is 10. The summed E-state index contributed by atoms with van der Waals surface area (Å²) in [5, 5.41) is 4.32. The summed E-state index contributed by atoms with van der Waals surface area (Å²) in [6.07, 6.45) is 10.7. The van der Waals surface area contributed by atoms with Crippen LogP contribution >= 0.6 is 0 Å². The van der Waals surface area contributed by atoms with E-state index in [0.717, 1.165) is 72.8 Å². The van der Waals surface area contributed by atoms with Gasteiger partial charge in [0.05, 0.1) is 6.61 Å². The molecular formula is C35H40FN3O3. The fourth-order valence-corrected chi connectivity index (χ4v) is 8.67. The highest BCUT2D eigenvalue weighted by atomic mass is 19.1. The Morgan fingerprint density at radius 3 is 2.33 bits per heavy atom. The van der Waals surface area contributed by atoms with E-state index in [2.05, 4.69) is 46.5 Å². The smallest absolute Gasteiger partial charge is 0.232 e. The predicted octanol–water partition coefficient (Wildman–Crippen LogP) is 7.92. The normalized spacial score (nSPS) is 32.6. The maximum atomic E-state index is 14.4. The van der Waals surface area contributed by atoms with E-state index in [1.807, 2.05) is 19.1 Å². The van der Waals surface area contributed by atoms with E-state index in [9.17, 15) is 9.18 Å². The van der Waals surface area contributed by atoms with Gasteiger partial charge >= 0.3 is 0 Å². The van der Waals surface area contributed by atoms with Gasteiger partial charge in [-0.2, -0.15) is 4.98 Å². The number of halogens is 1. The number of carbonyl (C=O) groups is 1. The molecule has 7 heteroatoms. The van der Waals surface area contributed by atoms with Crippen LogP contribution in [0.5, 0.6) is 5.75 Å². The molecule has 220 valence electrons. The van der Waals surface area contributed by atoms with Crippen molar-refractivity contribution in [2.24, 2.45) is 10.8 Å². The lowest BCUT2D eigenvalue weighted by molar-refractivity contribution is -0.215. The monoisotopic (exact) mass is 569 g/mol. The summed E-state index contributed by atoms with van der Waals surface area (Å²) in [6.45, 7) is 3.33. The highest BCUT2D eigenvalue weighted by molar-refractivity contribution is 5.95. The SMILES string of the molecule is CCOc1ccc(-c2cccc(N(CC34CCC(c5nc(C6CC6)no5)(CC3)CC4)C(=O)CC34CC(F)(C3)C4)c2)cc1. The van der Waals surface area contributed by atoms with Crippen molar-refractivity contribution in [2.45, 2.75) is 101 Å². The molecule has 0 atom stereocenters. The Balaban J connectivity index is 1.04. The van der Waals surface area contributed by atoms with Gasteiger partial charge in [-0.05, 0) is 124 Å². The minimum atomic E-state index is -0.998. The number of nitrogens with zero attached hydrogens (tertiary/aromatic N) is 3. The molecule has 0 unspecified atom stereocenters. The van der Waals surface area contributed by atoms with Crippen molar-refractivity contribution < 1.29 is 18.4 Å². The molecule has 7 saturated carbocycles. The Bertz CT molecular complexity index is 1470. The lowest BCUT2D eigenvalue weighted by atomic mass is 9.41. The lowest BCUT2D eigenvalue weighted by Gasteiger charge is -2.66. The van der Waals surface area contributed by atoms with Crippen LogP contribution in [0, 0.1) is 10.8 Å². The van der Waals surface area contributed by atoms with E-state index < -0.39 is 5.67 Å². The zero-order chi connectivity index (χ0) is 28.6. The van der Waals surface area contributed by atoms with Crippen LogP contribution in [-0.4, -0.2) is 34.9 Å². The van der Waals surface area contributed by atoms with Crippen molar-refractivity contribution in [3.05, 3.63) is 60.2 Å². The average Bonchev–Trinajstić information content (AvgIpc) is 3.71. The van der Waals surface area contributed by atoms with E-state index in [1.165, 1.54) is 12.8 Å². The third-order valence-electron chi connectivity index (χ3n) is 11.3. The van der Waals surface area contributed by atoms with Crippen LogP contribution in [0.3, 0.4) is 0 Å². The van der Waals surface area contributed by atoms with Gasteiger partial charge in [0.1, 0.15) is 11.4 Å². The van der Waals surface area contributed by atoms with E-state index in [4.69, 9.17) is 14.2 Å². The van der Waals surface area contributed by atoms with Crippen LogP contribution in [0.4, 0.5) is 10.1 Å². The highest BCUT2D eigenvalue weighted by Crippen LogP contribution is 2.71. The standard InChI is InChI=1S/C35H40FN3O3/c1-2-41-28-10-8-24(9-11-28)26-4-3-5-27(18-26)39(29(40)19-33-20-35(36,21-33)22-33)23-32-12-15-34(16-13-32,17-14-32)31-37-30(38-42-31)25-6-7-25/h3-5,8-11,18,25H,2,6-7,12-17,19-23H2,1H3. The number of hydrogen-bond acceptors (Lipinski definition) is 5. The molecule has 10 rings (SSSR count). The second-order valence-corrected chi connectivity index (χ2v) is 14.4. The third-order valence-corrected chi connectivity index (χ3v) is 11.3. The quantitative estimate of drug-likeness (QED) is 0.248. The van der Waals surface area contributed by atoms with Crippen LogP contribution in [0.25, 0.3) is 11.1 Å². The molecule has 0 spiro atoms. The predicted molar refractivity (Wildman–Crippen MR) is 158 cm³/mol. The molecule has 0 radical (unpaired) electrons. The molecule has 6 nitrogen and oxygen atoms in total. The van der Waals surface area contributed by atoms with Gasteiger partial charge in [0.15, 0.2) is 5.82 Å². The zero-order valence-electron chi connectivity index (χ0n) is 24.5. The molecule has 7 aliphatic carbocycles. The average molecular weight is 570 g/mol. The summed E-state index contributed by atoms with van der Waals surface area (Å²) in [6, 6.07) is 16.5. The Labute approximate surface area is 247 Å². The van der Waals surface area contributed by atoms with Crippen LogP contribution in [0.1, 0.15) is 102 Å². The molecule has 1 amide bonds. The Morgan fingerprint density at radius 2 is 1.69 bits per heavy atom. The summed E-state index contributed by atoms with van der Waals surface area (Å²) in [4.78, 5) is 21.0. The largest absolute Gasteiger partial charge is 0.494 e. The number of aromatic nitrogens is 2. The molecule has 7 fully saturated rings. The van der Waals surface area contributed by atoms with E-state index in [0.29, 0.717) is 44.8 Å². The first-order valence-electron chi connectivity index (χ1n) is 16.0. The van der Waals surface area contributed by atoms with Crippen molar-refractivity contribution in [3.63, 3.8) is 0 Å². The fourth-order valence-electron chi connectivity index (χ4n) is 8.67. The lowest BCUT2D eigenvalue weighted by Crippen LogP contribution is -2.65. The fraction of sp³-hybridized carbons (Fsp3) is 0.571. The van der Waals surface area contributed by atoms with Gasteiger partial charge in [-0.3, -0.25) is 4.79 Å². The molecule has 0 aliphatic heterocycles. The first kappa shape index (κ1) is 26.4. The molecule has 0 N–H and O–H groups in total. The second-order valence-electron chi connectivity index (χ2n) is 14.4. The van der Waals surface area contributed by atoms with Crippen LogP contribution in [-0.2, 0) is 10.2 Å². The molecule has 7 aliphatic rings. The molecule has 42 heavy (non-hydrogen) atoms. The third kappa shape index (κ3) is 4.46. The second kappa shape index (κ2) is 9.39. The number of ether oxygens (including phenoxy) is 1. The molecule has 0 saturated heterocycles. The molecule has 1 aromatic heterocycles. The van der Waals surface area contributed by atoms with Gasteiger partial charge in [0.25, 0.3) is 0 Å². The summed E-state index contributed by atoms with van der Waals surface area (Å²) in [5.41, 5.74) is 2.05. The Kier molecular flexibility index (Phi) is 5.90. The first-order valence-corrected chi connectivity index (χ1v) is 16.0. The van der Waals surface area contributed by atoms with Crippen molar-refractivity contribution in [1.82, 2.24) is 10.1 Å². The number of hydrogen-bond donors (Lipinski definition) is 0. The van der Waals surface area contributed by atoms with Gasteiger partial charge in [-0.25, -0.2) is 4.39 Å². The maximum Gasteiger partial charge on any atom is 0.232 e. The highest BCUT2D eigenvalue weighted by Gasteiger charge is 2.69. The van der Waals surface area contributed by atoms with E-state index >= 15 is 0 Å². The number of fused-ring (bicyclic) bond motifs is 3. The van der Waals surface area contributed by atoms with Crippen molar-refractivity contribution in [1.29, 1.82) is 0 Å². The molecular weight excluding hydrogens is 529 g/mol. The summed E-state index contributed by atoms with van der Waals surface area (Å²) >= 11 is 0. The molecule has 4 bridgehead atoms. The van der Waals surface area contributed by atoms with Gasteiger partial charge < -0.3 is 14.2 Å². The number of amides is 1. The van der Waals surface area contributed by atoms with Crippen molar-refractivity contribution in [3.8, 4) is 16.9 Å². The van der Waals surface area contributed by atoms with Gasteiger partial charge in [0.2, 0.25) is 11.8 Å². The summed E-state index contributed by atoms with van der Waals surface area (Å²) in [7, 11) is 0. The number of alkyl halides is 1. The van der Waals surface area contributed by atoms with Gasteiger partial charge in [0, 0.05) is 30.0 Å². The summed E-state index contributed by atoms with van der Waals surface area (Å²) in [5.74, 6) is 3.24. The Morgan fingerprint density at radius 1 is 0.976 bits per heavy atom. The first-order chi connectivity index (χ1) is 20.3. The van der Waals surface area contributed by atoms with E-state index in [1.54, 1.807) is 0 Å². The minimum Gasteiger partial charge on any atom is -0.494 e. The molecule has 1 heterocycles. The van der Waals surface area contributed by atoms with E-state index in [-0.39, 0.29) is 22.2 Å². The molecule has 3 aromatic rings. The van der Waals surface area contributed by atoms with Gasteiger partial charge in [-0.1, -0.05) is 29.4 Å². The number of anilines is 1.